The van der Waals surface area contributed by atoms with Crippen LogP contribution in [0.15, 0.2) is 10.9 Å². The minimum Gasteiger partial charge on any atom is -0.464 e. The van der Waals surface area contributed by atoms with Crippen molar-refractivity contribution in [3.63, 3.8) is 0 Å². The van der Waals surface area contributed by atoms with Gasteiger partial charge in [0.05, 0.1) is 10.7 Å². The first-order valence-corrected chi connectivity index (χ1v) is 9.74. The van der Waals surface area contributed by atoms with E-state index in [1.807, 2.05) is 0 Å². The molecule has 3 heterocycles. The van der Waals surface area contributed by atoms with E-state index in [1.54, 1.807) is 6.92 Å². The smallest absolute Gasteiger partial charge is 0.425 e. The van der Waals surface area contributed by atoms with Gasteiger partial charge < -0.3 is 15.2 Å². The number of alkyl halides is 3. The van der Waals surface area contributed by atoms with E-state index in [0.717, 1.165) is 11.5 Å². The number of amides is 1. The summed E-state index contributed by atoms with van der Waals surface area (Å²) in [6.45, 7) is 1.51. The third-order valence-corrected chi connectivity index (χ3v) is 5.38. The molecule has 0 aliphatic heterocycles. The number of aromatic amines is 1. The summed E-state index contributed by atoms with van der Waals surface area (Å²) < 4.78 is 62.9. The van der Waals surface area contributed by atoms with Crippen molar-refractivity contribution in [2.24, 2.45) is 0 Å². The number of aryl methyl sites for hydroxylation is 1. The van der Waals surface area contributed by atoms with Crippen molar-refractivity contribution in [1.29, 1.82) is 0 Å². The standard InChI is InChI=1S/C16H13ClF4N6O4S/c1-5-10(17)14(32-26-5)24-12(29)7-3-8(18)11(27-15(30)22-9(4-28)25-27)23-13(7)31-6(2)16(19,20)21/h3,6,28H,4H2,1-2H3,(H,24,29)(H,22,25,30)/t6-/m0/s1. The van der Waals surface area contributed by atoms with E-state index in [-0.39, 0.29) is 15.8 Å². The van der Waals surface area contributed by atoms with Gasteiger partial charge in [-0.05, 0) is 31.4 Å². The topological polar surface area (TPSA) is 135 Å². The average Bonchev–Trinajstić information content (AvgIpc) is 3.24. The van der Waals surface area contributed by atoms with Crippen LogP contribution in [0, 0.1) is 12.7 Å². The number of hydrogen-bond donors (Lipinski definition) is 3. The molecule has 0 bridgehead atoms. The molecule has 3 aromatic rings. The van der Waals surface area contributed by atoms with Crippen molar-refractivity contribution in [2.45, 2.75) is 32.7 Å². The van der Waals surface area contributed by atoms with Crippen LogP contribution in [0.5, 0.6) is 5.88 Å². The van der Waals surface area contributed by atoms with Crippen molar-refractivity contribution in [3.05, 3.63) is 44.5 Å². The predicted molar refractivity (Wildman–Crippen MR) is 104 cm³/mol. The zero-order valence-corrected chi connectivity index (χ0v) is 17.7. The summed E-state index contributed by atoms with van der Waals surface area (Å²) in [7, 11) is 0. The minimum atomic E-state index is -4.84. The molecule has 172 valence electrons. The molecule has 0 radical (unpaired) electrons. The highest BCUT2D eigenvalue weighted by atomic mass is 35.5. The van der Waals surface area contributed by atoms with Crippen LogP contribution >= 0.6 is 23.1 Å². The molecule has 3 rings (SSSR count). The Labute approximate surface area is 185 Å². The van der Waals surface area contributed by atoms with Gasteiger partial charge in [-0.25, -0.2) is 9.18 Å². The summed E-state index contributed by atoms with van der Waals surface area (Å²) in [5.74, 6) is -4.37. The first kappa shape index (κ1) is 23.6. The van der Waals surface area contributed by atoms with Crippen molar-refractivity contribution < 1.29 is 32.2 Å². The number of hydrogen-bond acceptors (Lipinski definition) is 8. The van der Waals surface area contributed by atoms with Crippen molar-refractivity contribution in [3.8, 4) is 11.7 Å². The minimum absolute atomic E-state index is 0.0737. The Bertz CT molecular complexity index is 1220. The molecule has 0 aromatic carbocycles. The average molecular weight is 497 g/mol. The van der Waals surface area contributed by atoms with Gasteiger partial charge in [-0.15, -0.1) is 5.10 Å². The van der Waals surface area contributed by atoms with E-state index >= 15 is 0 Å². The Balaban J connectivity index is 2.09. The van der Waals surface area contributed by atoms with E-state index in [2.05, 4.69) is 24.8 Å². The highest BCUT2D eigenvalue weighted by Gasteiger charge is 2.39. The Morgan fingerprint density at radius 3 is 2.69 bits per heavy atom. The van der Waals surface area contributed by atoms with Crippen LogP contribution < -0.4 is 15.7 Å². The zero-order chi connectivity index (χ0) is 23.8. The molecule has 0 unspecified atom stereocenters. The highest BCUT2D eigenvalue weighted by Crippen LogP contribution is 2.32. The van der Waals surface area contributed by atoms with Gasteiger partial charge in [0.2, 0.25) is 5.88 Å². The van der Waals surface area contributed by atoms with Crippen LogP contribution in [-0.2, 0) is 6.61 Å². The summed E-state index contributed by atoms with van der Waals surface area (Å²) in [5.41, 5.74) is -1.33. The largest absolute Gasteiger partial charge is 0.464 e. The molecule has 3 N–H and O–H groups in total. The lowest BCUT2D eigenvalue weighted by atomic mass is 10.2. The van der Waals surface area contributed by atoms with Crippen molar-refractivity contribution in [2.75, 3.05) is 5.32 Å². The molecule has 0 saturated carbocycles. The maximum atomic E-state index is 14.7. The summed E-state index contributed by atoms with van der Waals surface area (Å²) in [6, 6.07) is 0.539. The Morgan fingerprint density at radius 2 is 2.16 bits per heavy atom. The lowest BCUT2D eigenvalue weighted by molar-refractivity contribution is -0.190. The van der Waals surface area contributed by atoms with E-state index in [9.17, 15) is 27.2 Å². The molecule has 3 aromatic heterocycles. The normalized spacial score (nSPS) is 12.6. The summed E-state index contributed by atoms with van der Waals surface area (Å²) in [6.07, 6.45) is -7.27. The summed E-state index contributed by atoms with van der Waals surface area (Å²) in [4.78, 5) is 30.3. The molecule has 0 spiro atoms. The number of ether oxygens (including phenoxy) is 1. The van der Waals surface area contributed by atoms with Crippen LogP contribution in [0.1, 0.15) is 28.8 Å². The Hall–Kier alpha value is -3.04. The number of nitrogens with one attached hydrogen (secondary N) is 2. The van der Waals surface area contributed by atoms with Gasteiger partial charge in [-0.1, -0.05) is 11.6 Å². The van der Waals surface area contributed by atoms with E-state index in [0.29, 0.717) is 23.4 Å². The van der Waals surface area contributed by atoms with Gasteiger partial charge in [0.15, 0.2) is 23.6 Å². The maximum Gasteiger partial charge on any atom is 0.425 e. The predicted octanol–water partition coefficient (Wildman–Crippen LogP) is 2.59. The van der Waals surface area contributed by atoms with Gasteiger partial charge in [0, 0.05) is 0 Å². The highest BCUT2D eigenvalue weighted by molar-refractivity contribution is 7.11. The second kappa shape index (κ2) is 8.84. The van der Waals surface area contributed by atoms with Crippen LogP contribution in [-0.4, -0.2) is 47.4 Å². The van der Waals surface area contributed by atoms with Crippen molar-refractivity contribution in [1.82, 2.24) is 24.1 Å². The number of aliphatic hydroxyl groups is 1. The molecule has 32 heavy (non-hydrogen) atoms. The second-order valence-corrected chi connectivity index (χ2v) is 7.41. The fourth-order valence-electron chi connectivity index (χ4n) is 2.29. The quantitative estimate of drug-likeness (QED) is 0.446. The van der Waals surface area contributed by atoms with Crippen LogP contribution in [0.4, 0.5) is 22.6 Å². The monoisotopic (exact) mass is 496 g/mol. The number of nitrogens with zero attached hydrogens (tertiary/aromatic N) is 4. The number of pyridine rings is 1. The molecular weight excluding hydrogens is 484 g/mol. The van der Waals surface area contributed by atoms with Crippen molar-refractivity contribution >= 4 is 34.0 Å². The van der Waals surface area contributed by atoms with E-state index < -0.39 is 53.6 Å². The van der Waals surface area contributed by atoms with Gasteiger partial charge in [0.1, 0.15) is 17.2 Å². The zero-order valence-electron chi connectivity index (χ0n) is 16.1. The number of aromatic nitrogens is 5. The molecule has 0 fully saturated rings. The number of carbonyl (C=O) groups is 1. The van der Waals surface area contributed by atoms with Crippen LogP contribution in [0.2, 0.25) is 5.02 Å². The third kappa shape index (κ3) is 4.73. The maximum absolute atomic E-state index is 14.7. The third-order valence-electron chi connectivity index (χ3n) is 3.95. The summed E-state index contributed by atoms with van der Waals surface area (Å²) in [5, 5.41) is 15.1. The molecule has 0 saturated heterocycles. The molecule has 10 nitrogen and oxygen atoms in total. The second-order valence-electron chi connectivity index (χ2n) is 6.26. The lowest BCUT2D eigenvalue weighted by Gasteiger charge is -2.19. The van der Waals surface area contributed by atoms with Crippen LogP contribution in [0.25, 0.3) is 5.82 Å². The molecule has 1 amide bonds. The number of anilines is 1. The first-order chi connectivity index (χ1) is 14.9. The lowest BCUT2D eigenvalue weighted by Crippen LogP contribution is -2.32. The van der Waals surface area contributed by atoms with Gasteiger partial charge in [-0.3, -0.25) is 9.78 Å². The molecular formula is C16H13ClF4N6O4S. The fraction of sp³-hybridized carbons (Fsp3) is 0.312. The van der Waals surface area contributed by atoms with E-state index in [4.69, 9.17) is 21.4 Å². The van der Waals surface area contributed by atoms with Gasteiger partial charge >= 0.3 is 11.9 Å². The number of carbonyl (C=O) groups excluding carboxylic acids is 1. The Morgan fingerprint density at radius 1 is 1.47 bits per heavy atom. The van der Waals surface area contributed by atoms with Crippen LogP contribution in [0.3, 0.4) is 0 Å². The molecule has 0 aliphatic carbocycles. The number of aliphatic hydroxyl groups excluding tert-OH is 1. The van der Waals surface area contributed by atoms with Gasteiger partial charge in [0.25, 0.3) is 5.91 Å². The number of H-pyrrole nitrogens is 1. The number of rotatable bonds is 6. The SMILES string of the molecule is Cc1nsc(NC(=O)c2cc(F)c(-n3nc(CO)[nH]c3=O)nc2O[C@@H](C)C(F)(F)F)c1Cl. The number of halogens is 5. The molecule has 16 heteroatoms. The van der Waals surface area contributed by atoms with Gasteiger partial charge in [-0.2, -0.15) is 27.2 Å². The fourth-order valence-corrected chi connectivity index (χ4v) is 3.22. The molecule has 0 aliphatic rings. The van der Waals surface area contributed by atoms with E-state index in [1.165, 1.54) is 0 Å². The summed E-state index contributed by atoms with van der Waals surface area (Å²) >= 11 is 6.79. The first-order valence-electron chi connectivity index (χ1n) is 8.58. The Kier molecular flexibility index (Phi) is 6.52. The molecule has 1 atom stereocenters.